The summed E-state index contributed by atoms with van der Waals surface area (Å²) in [6, 6.07) is 4.83. The van der Waals surface area contributed by atoms with E-state index in [0.717, 1.165) is 12.5 Å². The van der Waals surface area contributed by atoms with Gasteiger partial charge in [0.1, 0.15) is 0 Å². The van der Waals surface area contributed by atoms with Crippen molar-refractivity contribution >= 4 is 0 Å². The summed E-state index contributed by atoms with van der Waals surface area (Å²) in [4.78, 5) is 4.18. The van der Waals surface area contributed by atoms with Crippen molar-refractivity contribution in [3.8, 4) is 0 Å². The summed E-state index contributed by atoms with van der Waals surface area (Å²) in [6.07, 6.45) is 9.25. The van der Waals surface area contributed by atoms with E-state index in [1.807, 2.05) is 18.5 Å². The van der Waals surface area contributed by atoms with Crippen LogP contribution in [0, 0.1) is 11.3 Å². The second kappa shape index (κ2) is 5.83. The molecule has 1 aromatic heterocycles. The highest BCUT2D eigenvalue weighted by atomic mass is 14.9. The second-order valence-corrected chi connectivity index (χ2v) is 6.61. The van der Waals surface area contributed by atoms with Crippen LogP contribution in [0.15, 0.2) is 24.5 Å². The number of hydrogen-bond donors (Lipinski definition) is 1. The monoisotopic (exact) mass is 246 g/mol. The zero-order valence-electron chi connectivity index (χ0n) is 11.9. The number of pyridine rings is 1. The molecule has 1 aliphatic rings. The van der Waals surface area contributed by atoms with Gasteiger partial charge in [-0.1, -0.05) is 39.7 Å². The van der Waals surface area contributed by atoms with Gasteiger partial charge in [-0.05, 0) is 35.8 Å². The Hall–Kier alpha value is -0.890. The van der Waals surface area contributed by atoms with E-state index in [2.05, 4.69) is 37.1 Å². The van der Waals surface area contributed by atoms with Gasteiger partial charge in [0.05, 0.1) is 0 Å². The number of aromatic nitrogens is 1. The van der Waals surface area contributed by atoms with Crippen molar-refractivity contribution in [1.82, 2.24) is 10.3 Å². The van der Waals surface area contributed by atoms with Crippen LogP contribution in [0.2, 0.25) is 0 Å². The Labute approximate surface area is 111 Å². The van der Waals surface area contributed by atoms with Crippen LogP contribution in [0.1, 0.15) is 52.0 Å². The first-order valence-corrected chi connectivity index (χ1v) is 7.19. The van der Waals surface area contributed by atoms with Gasteiger partial charge >= 0.3 is 0 Å². The lowest BCUT2D eigenvalue weighted by molar-refractivity contribution is 0.130. The fourth-order valence-electron chi connectivity index (χ4n) is 3.16. The first-order valence-electron chi connectivity index (χ1n) is 7.19. The number of nitrogens with zero attached hydrogens (tertiary/aromatic N) is 1. The summed E-state index contributed by atoms with van der Waals surface area (Å²) in [7, 11) is 0. The Morgan fingerprint density at radius 3 is 2.72 bits per heavy atom. The zero-order valence-corrected chi connectivity index (χ0v) is 11.9. The molecule has 2 heteroatoms. The highest BCUT2D eigenvalue weighted by molar-refractivity contribution is 5.08. The minimum atomic E-state index is 0.410. The topological polar surface area (TPSA) is 24.9 Å². The molecule has 0 radical (unpaired) electrons. The second-order valence-electron chi connectivity index (χ2n) is 6.61. The van der Waals surface area contributed by atoms with Crippen LogP contribution in [0.5, 0.6) is 0 Å². The van der Waals surface area contributed by atoms with Crippen LogP contribution < -0.4 is 5.32 Å². The van der Waals surface area contributed by atoms with Gasteiger partial charge in [-0.2, -0.15) is 0 Å². The van der Waals surface area contributed by atoms with Crippen molar-refractivity contribution in [2.45, 2.75) is 59.0 Å². The number of rotatable bonds is 3. The Morgan fingerprint density at radius 2 is 2.06 bits per heavy atom. The largest absolute Gasteiger partial charge is 0.310 e. The molecule has 0 saturated heterocycles. The Kier molecular flexibility index (Phi) is 4.39. The first-order chi connectivity index (χ1) is 8.57. The van der Waals surface area contributed by atoms with Gasteiger partial charge in [0.25, 0.3) is 0 Å². The standard InChI is InChI=1S/C16H26N2/c1-16(2,3)14-8-4-5-9-15(14)18-12-13-7-6-10-17-11-13/h6-7,10-11,14-15,18H,4-5,8-9,12H2,1-3H3. The highest BCUT2D eigenvalue weighted by Gasteiger charge is 2.33. The lowest BCUT2D eigenvalue weighted by Crippen LogP contribution is -2.43. The third-order valence-electron chi connectivity index (χ3n) is 4.17. The highest BCUT2D eigenvalue weighted by Crippen LogP contribution is 2.38. The van der Waals surface area contributed by atoms with E-state index in [1.54, 1.807) is 0 Å². The van der Waals surface area contributed by atoms with E-state index in [1.165, 1.54) is 31.2 Å². The summed E-state index contributed by atoms with van der Waals surface area (Å²) in [6.45, 7) is 8.08. The van der Waals surface area contributed by atoms with Gasteiger partial charge in [0.2, 0.25) is 0 Å². The summed E-state index contributed by atoms with van der Waals surface area (Å²) >= 11 is 0. The smallest absolute Gasteiger partial charge is 0.0312 e. The summed E-state index contributed by atoms with van der Waals surface area (Å²) in [5, 5.41) is 3.75. The third-order valence-corrected chi connectivity index (χ3v) is 4.17. The molecule has 0 bridgehead atoms. The molecule has 2 atom stereocenters. The van der Waals surface area contributed by atoms with Crippen LogP contribution >= 0.6 is 0 Å². The third kappa shape index (κ3) is 3.55. The van der Waals surface area contributed by atoms with Crippen LogP contribution in [-0.2, 0) is 6.54 Å². The van der Waals surface area contributed by atoms with Crippen molar-refractivity contribution in [3.63, 3.8) is 0 Å². The predicted octanol–water partition coefficient (Wildman–Crippen LogP) is 3.78. The van der Waals surface area contributed by atoms with Crippen molar-refractivity contribution < 1.29 is 0 Å². The molecule has 0 amide bonds. The average Bonchev–Trinajstić information content (AvgIpc) is 2.37. The quantitative estimate of drug-likeness (QED) is 0.878. The molecule has 100 valence electrons. The molecule has 2 rings (SSSR count). The van der Waals surface area contributed by atoms with Gasteiger partial charge < -0.3 is 5.32 Å². The normalized spacial score (nSPS) is 25.1. The Morgan fingerprint density at radius 1 is 1.28 bits per heavy atom. The van der Waals surface area contributed by atoms with Crippen molar-refractivity contribution in [2.24, 2.45) is 11.3 Å². The van der Waals surface area contributed by atoms with Gasteiger partial charge in [-0.15, -0.1) is 0 Å². The predicted molar refractivity (Wildman–Crippen MR) is 76.3 cm³/mol. The van der Waals surface area contributed by atoms with Gasteiger partial charge in [-0.3, -0.25) is 4.98 Å². The molecule has 0 spiro atoms. The van der Waals surface area contributed by atoms with Crippen LogP contribution in [0.3, 0.4) is 0 Å². The molecule has 2 nitrogen and oxygen atoms in total. The minimum Gasteiger partial charge on any atom is -0.310 e. The molecule has 1 aromatic rings. The van der Waals surface area contributed by atoms with E-state index < -0.39 is 0 Å². The molecular weight excluding hydrogens is 220 g/mol. The lowest BCUT2D eigenvalue weighted by Gasteiger charge is -2.41. The fraction of sp³-hybridized carbons (Fsp3) is 0.688. The number of nitrogens with one attached hydrogen (secondary N) is 1. The summed E-state index contributed by atoms with van der Waals surface area (Å²) in [5.74, 6) is 0.794. The van der Waals surface area contributed by atoms with E-state index in [9.17, 15) is 0 Å². The Bertz CT molecular complexity index is 353. The van der Waals surface area contributed by atoms with E-state index in [-0.39, 0.29) is 0 Å². The van der Waals surface area contributed by atoms with Gasteiger partial charge in [0, 0.05) is 25.0 Å². The average molecular weight is 246 g/mol. The fourth-order valence-corrected chi connectivity index (χ4v) is 3.16. The van der Waals surface area contributed by atoms with Crippen molar-refractivity contribution in [1.29, 1.82) is 0 Å². The van der Waals surface area contributed by atoms with Crippen LogP contribution in [-0.4, -0.2) is 11.0 Å². The molecule has 0 aromatic carbocycles. The SMILES string of the molecule is CC(C)(C)C1CCCCC1NCc1cccnc1. The maximum atomic E-state index is 4.18. The first kappa shape index (κ1) is 13.5. The summed E-state index contributed by atoms with van der Waals surface area (Å²) < 4.78 is 0. The molecular formula is C16H26N2. The zero-order chi connectivity index (χ0) is 13.0. The van der Waals surface area contributed by atoms with Gasteiger partial charge in [0.15, 0.2) is 0 Å². The van der Waals surface area contributed by atoms with Crippen LogP contribution in [0.25, 0.3) is 0 Å². The molecule has 1 aliphatic carbocycles. The maximum Gasteiger partial charge on any atom is 0.0312 e. The maximum absolute atomic E-state index is 4.18. The Balaban J connectivity index is 1.94. The van der Waals surface area contributed by atoms with Crippen molar-refractivity contribution in [2.75, 3.05) is 0 Å². The molecule has 0 aliphatic heterocycles. The molecule has 18 heavy (non-hydrogen) atoms. The van der Waals surface area contributed by atoms with E-state index >= 15 is 0 Å². The number of hydrogen-bond acceptors (Lipinski definition) is 2. The van der Waals surface area contributed by atoms with Crippen LogP contribution in [0.4, 0.5) is 0 Å². The molecule has 1 heterocycles. The molecule has 1 fully saturated rings. The van der Waals surface area contributed by atoms with Gasteiger partial charge in [-0.25, -0.2) is 0 Å². The molecule has 1 N–H and O–H groups in total. The van der Waals surface area contributed by atoms with E-state index in [0.29, 0.717) is 11.5 Å². The molecule has 2 unspecified atom stereocenters. The summed E-state index contributed by atoms with van der Waals surface area (Å²) in [5.41, 5.74) is 1.70. The minimum absolute atomic E-state index is 0.410. The van der Waals surface area contributed by atoms with Crippen molar-refractivity contribution in [3.05, 3.63) is 30.1 Å². The lowest BCUT2D eigenvalue weighted by atomic mass is 9.69. The van der Waals surface area contributed by atoms with E-state index in [4.69, 9.17) is 0 Å². The molecule has 1 saturated carbocycles.